The van der Waals surface area contributed by atoms with Crippen LogP contribution in [0.4, 0.5) is 14.6 Å². The van der Waals surface area contributed by atoms with Gasteiger partial charge in [-0.1, -0.05) is 6.92 Å². The Morgan fingerprint density at radius 2 is 2.29 bits per heavy atom. The quantitative estimate of drug-likeness (QED) is 0.800. The van der Waals surface area contributed by atoms with Crippen LogP contribution >= 0.6 is 0 Å². The lowest BCUT2D eigenvalue weighted by Gasteiger charge is -2.05. The number of hydrogen-bond donors (Lipinski definition) is 2. The molecule has 1 heterocycles. The van der Waals surface area contributed by atoms with Crippen LogP contribution in [0.15, 0.2) is 6.20 Å². The molecule has 0 aliphatic carbocycles. The van der Waals surface area contributed by atoms with Crippen LogP contribution in [0.5, 0.6) is 0 Å². The number of rotatable bonds is 4. The van der Waals surface area contributed by atoms with Crippen LogP contribution in [-0.2, 0) is 16.4 Å². The summed E-state index contributed by atoms with van der Waals surface area (Å²) >= 11 is 0. The number of nitrogens with zero attached hydrogens (tertiary/aromatic N) is 1. The SMILES string of the molecule is CCc1cn[nH]c1NS(=O)(=O)C(F)F. The predicted octanol–water partition coefficient (Wildman–Crippen LogP) is 0.936. The lowest BCUT2D eigenvalue weighted by molar-refractivity contribution is 0.236. The summed E-state index contributed by atoms with van der Waals surface area (Å²) in [6, 6.07) is 0. The molecule has 2 N–H and O–H groups in total. The minimum atomic E-state index is -4.61. The van der Waals surface area contributed by atoms with Crippen LogP contribution in [0, 0.1) is 0 Å². The lowest BCUT2D eigenvalue weighted by atomic mass is 10.3. The average molecular weight is 225 g/mol. The van der Waals surface area contributed by atoms with E-state index in [9.17, 15) is 17.2 Å². The maximum atomic E-state index is 12.0. The minimum absolute atomic E-state index is 0.00667. The molecule has 0 aliphatic heterocycles. The van der Waals surface area contributed by atoms with Crippen LogP contribution in [0.2, 0.25) is 0 Å². The summed E-state index contributed by atoms with van der Waals surface area (Å²) in [5.74, 6) is -3.46. The highest BCUT2D eigenvalue weighted by Crippen LogP contribution is 2.15. The number of H-pyrrole nitrogens is 1. The zero-order chi connectivity index (χ0) is 10.8. The van der Waals surface area contributed by atoms with Gasteiger partial charge in [0.15, 0.2) is 0 Å². The van der Waals surface area contributed by atoms with Gasteiger partial charge in [-0.25, -0.2) is 8.42 Å². The van der Waals surface area contributed by atoms with Crippen molar-refractivity contribution in [3.8, 4) is 0 Å². The van der Waals surface area contributed by atoms with E-state index < -0.39 is 15.8 Å². The molecule has 0 aromatic carbocycles. The Morgan fingerprint density at radius 3 is 2.79 bits per heavy atom. The fourth-order valence-corrected chi connectivity index (χ4v) is 1.40. The Kier molecular flexibility index (Phi) is 3.04. The van der Waals surface area contributed by atoms with Crippen LogP contribution in [0.3, 0.4) is 0 Å². The molecular weight excluding hydrogens is 216 g/mol. The summed E-state index contributed by atoms with van der Waals surface area (Å²) in [5.41, 5.74) is 0.536. The summed E-state index contributed by atoms with van der Waals surface area (Å²) < 4.78 is 47.1. The van der Waals surface area contributed by atoms with Gasteiger partial charge in [0.25, 0.3) is 10.0 Å². The molecule has 1 aromatic heterocycles. The molecule has 0 bridgehead atoms. The van der Waals surface area contributed by atoms with E-state index in [0.717, 1.165) is 0 Å². The fourth-order valence-electron chi connectivity index (χ4n) is 0.854. The van der Waals surface area contributed by atoms with Crippen LogP contribution in [0.25, 0.3) is 0 Å². The molecule has 0 saturated heterocycles. The number of aromatic nitrogens is 2. The van der Waals surface area contributed by atoms with Crippen molar-refractivity contribution in [3.63, 3.8) is 0 Å². The second kappa shape index (κ2) is 3.91. The number of halogens is 2. The molecule has 0 amide bonds. The van der Waals surface area contributed by atoms with Crippen LogP contribution < -0.4 is 4.72 Å². The Bertz CT molecular complexity index is 401. The highest BCUT2D eigenvalue weighted by atomic mass is 32.2. The van der Waals surface area contributed by atoms with Crippen LogP contribution in [0.1, 0.15) is 12.5 Å². The van der Waals surface area contributed by atoms with Gasteiger partial charge in [0.2, 0.25) is 0 Å². The molecule has 0 unspecified atom stereocenters. The average Bonchev–Trinajstić information content (AvgIpc) is 2.50. The molecule has 8 heteroatoms. The molecule has 0 radical (unpaired) electrons. The van der Waals surface area contributed by atoms with E-state index >= 15 is 0 Å². The van der Waals surface area contributed by atoms with Crippen molar-refractivity contribution in [3.05, 3.63) is 11.8 Å². The first-order valence-electron chi connectivity index (χ1n) is 3.79. The maximum Gasteiger partial charge on any atom is 0.355 e. The van der Waals surface area contributed by atoms with E-state index in [2.05, 4.69) is 10.2 Å². The molecule has 0 spiro atoms. The van der Waals surface area contributed by atoms with Gasteiger partial charge in [-0.2, -0.15) is 13.9 Å². The number of aromatic amines is 1. The Labute approximate surface area is 79.6 Å². The molecule has 0 fully saturated rings. The normalized spacial score (nSPS) is 12.0. The van der Waals surface area contributed by atoms with Gasteiger partial charge in [0, 0.05) is 5.56 Å². The smallest absolute Gasteiger partial charge is 0.263 e. The molecule has 5 nitrogen and oxygen atoms in total. The standard InChI is InChI=1S/C6H9F2N3O2S/c1-2-4-3-9-10-5(4)11-14(12,13)6(7)8/h3,6H,2H2,1H3,(H2,9,10,11). The van der Waals surface area contributed by atoms with Gasteiger partial charge < -0.3 is 0 Å². The van der Waals surface area contributed by atoms with Crippen molar-refractivity contribution in [2.45, 2.75) is 19.1 Å². The number of nitrogens with one attached hydrogen (secondary N) is 2. The fraction of sp³-hybridized carbons (Fsp3) is 0.500. The second-order valence-electron chi connectivity index (χ2n) is 2.53. The summed E-state index contributed by atoms with van der Waals surface area (Å²) in [6.45, 7) is 1.75. The first-order valence-corrected chi connectivity index (χ1v) is 5.34. The third kappa shape index (κ3) is 2.19. The third-order valence-electron chi connectivity index (χ3n) is 1.58. The van der Waals surface area contributed by atoms with Gasteiger partial charge in [0.05, 0.1) is 6.20 Å². The Morgan fingerprint density at radius 1 is 1.64 bits per heavy atom. The predicted molar refractivity (Wildman–Crippen MR) is 46.5 cm³/mol. The number of sulfonamides is 1. The second-order valence-corrected chi connectivity index (χ2v) is 4.18. The van der Waals surface area contributed by atoms with Gasteiger partial charge in [-0.15, -0.1) is 0 Å². The van der Waals surface area contributed by atoms with Crippen LogP contribution in [-0.4, -0.2) is 24.4 Å². The first-order chi connectivity index (χ1) is 6.47. The highest BCUT2D eigenvalue weighted by molar-refractivity contribution is 7.92. The molecule has 1 aromatic rings. The Hall–Kier alpha value is -1.18. The van der Waals surface area contributed by atoms with E-state index in [1.54, 1.807) is 11.6 Å². The number of aryl methyl sites for hydroxylation is 1. The molecule has 0 saturated carbocycles. The van der Waals surface area contributed by atoms with E-state index in [0.29, 0.717) is 12.0 Å². The van der Waals surface area contributed by atoms with Gasteiger partial charge in [-0.05, 0) is 6.42 Å². The van der Waals surface area contributed by atoms with E-state index in [-0.39, 0.29) is 5.82 Å². The van der Waals surface area contributed by atoms with Gasteiger partial charge >= 0.3 is 5.76 Å². The summed E-state index contributed by atoms with van der Waals surface area (Å²) in [7, 11) is -4.61. The molecule has 80 valence electrons. The van der Waals surface area contributed by atoms with Crippen molar-refractivity contribution in [2.24, 2.45) is 0 Å². The number of alkyl halides is 2. The molecule has 0 atom stereocenters. The van der Waals surface area contributed by atoms with Gasteiger partial charge in [-0.3, -0.25) is 9.82 Å². The van der Waals surface area contributed by atoms with Crippen molar-refractivity contribution in [2.75, 3.05) is 4.72 Å². The third-order valence-corrected chi connectivity index (χ3v) is 2.54. The largest absolute Gasteiger partial charge is 0.355 e. The zero-order valence-corrected chi connectivity index (χ0v) is 8.11. The summed E-state index contributed by atoms with van der Waals surface area (Å²) in [6.07, 6.45) is 1.88. The van der Waals surface area contributed by atoms with E-state index in [4.69, 9.17) is 0 Å². The van der Waals surface area contributed by atoms with Crippen molar-refractivity contribution in [1.29, 1.82) is 0 Å². The van der Waals surface area contributed by atoms with Crippen molar-refractivity contribution >= 4 is 15.8 Å². The van der Waals surface area contributed by atoms with Crippen molar-refractivity contribution in [1.82, 2.24) is 10.2 Å². The molecule has 1 rings (SSSR count). The summed E-state index contributed by atoms with van der Waals surface area (Å²) in [4.78, 5) is 0. The maximum absolute atomic E-state index is 12.0. The van der Waals surface area contributed by atoms with E-state index in [1.807, 2.05) is 0 Å². The highest BCUT2D eigenvalue weighted by Gasteiger charge is 2.25. The monoisotopic (exact) mass is 225 g/mol. The lowest BCUT2D eigenvalue weighted by Crippen LogP contribution is -2.21. The van der Waals surface area contributed by atoms with Gasteiger partial charge in [0.1, 0.15) is 5.82 Å². The molecule has 0 aliphatic rings. The zero-order valence-electron chi connectivity index (χ0n) is 7.29. The molecule has 14 heavy (non-hydrogen) atoms. The number of hydrogen-bond acceptors (Lipinski definition) is 3. The minimum Gasteiger partial charge on any atom is -0.263 e. The Balaban J connectivity index is 2.89. The van der Waals surface area contributed by atoms with E-state index in [1.165, 1.54) is 6.20 Å². The molecular formula is C6H9F2N3O2S. The van der Waals surface area contributed by atoms with Crippen molar-refractivity contribution < 1.29 is 17.2 Å². The topological polar surface area (TPSA) is 74.8 Å². The summed E-state index contributed by atoms with van der Waals surface area (Å²) in [5, 5.41) is 5.83. The number of anilines is 1. The first kappa shape index (κ1) is 10.9.